The molecule has 0 bridgehead atoms. The maximum absolute atomic E-state index is 11.1. The third-order valence-corrected chi connectivity index (χ3v) is 3.05. The Bertz CT molecular complexity index is 327. The fraction of sp³-hybridized carbons (Fsp3) is 0.583. The molecule has 1 N–H and O–H groups in total. The molecule has 0 spiro atoms. The van der Waals surface area contributed by atoms with Crippen molar-refractivity contribution in [3.63, 3.8) is 0 Å². The number of hydrogen-bond acceptors (Lipinski definition) is 1. The summed E-state index contributed by atoms with van der Waals surface area (Å²) in [6.45, 7) is 3.74. The van der Waals surface area contributed by atoms with Gasteiger partial charge in [-0.3, -0.25) is 4.79 Å². The molecule has 2 nitrogen and oxygen atoms in total. The van der Waals surface area contributed by atoms with E-state index >= 15 is 0 Å². The predicted molar refractivity (Wildman–Crippen MR) is 56.9 cm³/mol. The van der Waals surface area contributed by atoms with Crippen LogP contribution in [0.5, 0.6) is 0 Å². The summed E-state index contributed by atoms with van der Waals surface area (Å²) in [7, 11) is 0. The number of carbonyl (C=O) groups excluding carboxylic acids is 1. The van der Waals surface area contributed by atoms with E-state index in [0.29, 0.717) is 0 Å². The molecule has 1 atom stereocenters. The minimum absolute atomic E-state index is 0.0226. The van der Waals surface area contributed by atoms with Crippen molar-refractivity contribution < 1.29 is 4.79 Å². The fourth-order valence-electron chi connectivity index (χ4n) is 2.61. The quantitative estimate of drug-likeness (QED) is 0.677. The van der Waals surface area contributed by atoms with Gasteiger partial charge in [-0.25, -0.2) is 0 Å². The van der Waals surface area contributed by atoms with E-state index in [4.69, 9.17) is 0 Å². The third-order valence-electron chi connectivity index (χ3n) is 3.05. The SMILES string of the molecule is CC(=O)NC1(C)CC2=C(CCC=C2)C1. The topological polar surface area (TPSA) is 29.1 Å². The van der Waals surface area contributed by atoms with E-state index in [9.17, 15) is 4.79 Å². The highest BCUT2D eigenvalue weighted by atomic mass is 16.1. The Kier molecular flexibility index (Phi) is 2.22. The van der Waals surface area contributed by atoms with E-state index < -0.39 is 0 Å². The standard InChI is InChI=1S/C12H17NO/c1-9(14)13-12(2)7-10-5-3-4-6-11(10)8-12/h3,5H,4,6-8H2,1-2H3,(H,13,14). The van der Waals surface area contributed by atoms with Crippen LogP contribution in [0.25, 0.3) is 0 Å². The van der Waals surface area contributed by atoms with Crippen molar-refractivity contribution in [2.45, 2.75) is 45.1 Å². The lowest BCUT2D eigenvalue weighted by atomic mass is 9.96. The van der Waals surface area contributed by atoms with Crippen LogP contribution in [0, 0.1) is 0 Å². The van der Waals surface area contributed by atoms with E-state index in [1.807, 2.05) is 0 Å². The summed E-state index contributed by atoms with van der Waals surface area (Å²) in [6.07, 6.45) is 8.84. The molecule has 1 unspecified atom stereocenters. The van der Waals surface area contributed by atoms with Gasteiger partial charge in [0.05, 0.1) is 0 Å². The average molecular weight is 191 g/mol. The number of hydrogen-bond donors (Lipinski definition) is 1. The van der Waals surface area contributed by atoms with Crippen molar-refractivity contribution >= 4 is 5.91 Å². The monoisotopic (exact) mass is 191 g/mol. The third kappa shape index (κ3) is 1.74. The minimum atomic E-state index is -0.0226. The van der Waals surface area contributed by atoms with E-state index in [-0.39, 0.29) is 11.4 Å². The molecule has 0 aromatic heterocycles. The molecule has 1 amide bonds. The van der Waals surface area contributed by atoms with Gasteiger partial charge in [-0.15, -0.1) is 0 Å². The minimum Gasteiger partial charge on any atom is -0.351 e. The number of amides is 1. The van der Waals surface area contributed by atoms with Crippen LogP contribution < -0.4 is 5.32 Å². The van der Waals surface area contributed by atoms with Crippen molar-refractivity contribution in [1.82, 2.24) is 5.32 Å². The normalized spacial score (nSPS) is 30.4. The van der Waals surface area contributed by atoms with Crippen LogP contribution in [0.2, 0.25) is 0 Å². The maximum atomic E-state index is 11.1. The van der Waals surface area contributed by atoms with Gasteiger partial charge in [0.25, 0.3) is 0 Å². The van der Waals surface area contributed by atoms with Crippen molar-refractivity contribution in [1.29, 1.82) is 0 Å². The molecular weight excluding hydrogens is 174 g/mol. The Hall–Kier alpha value is -1.05. The lowest BCUT2D eigenvalue weighted by molar-refractivity contribution is -0.120. The van der Waals surface area contributed by atoms with E-state index in [2.05, 4.69) is 24.4 Å². The molecule has 0 saturated carbocycles. The largest absolute Gasteiger partial charge is 0.351 e. The second kappa shape index (κ2) is 3.26. The Labute approximate surface area is 85.1 Å². The molecule has 0 aromatic carbocycles. The zero-order chi connectivity index (χ0) is 10.2. The molecule has 2 heteroatoms. The summed E-state index contributed by atoms with van der Waals surface area (Å²) >= 11 is 0. The predicted octanol–water partition coefficient (Wildman–Crippen LogP) is 2.32. The molecule has 76 valence electrons. The highest BCUT2D eigenvalue weighted by Crippen LogP contribution is 2.39. The van der Waals surface area contributed by atoms with E-state index in [1.54, 1.807) is 12.5 Å². The molecular formula is C12H17NO. The van der Waals surface area contributed by atoms with Gasteiger partial charge in [0, 0.05) is 12.5 Å². The van der Waals surface area contributed by atoms with Gasteiger partial charge in [-0.05, 0) is 38.2 Å². The van der Waals surface area contributed by atoms with Crippen molar-refractivity contribution in [3.05, 3.63) is 23.3 Å². The van der Waals surface area contributed by atoms with Crippen LogP contribution >= 0.6 is 0 Å². The number of allylic oxidation sites excluding steroid dienone is 2. The van der Waals surface area contributed by atoms with Crippen LogP contribution in [0.3, 0.4) is 0 Å². The molecule has 0 aromatic rings. The summed E-state index contributed by atoms with van der Waals surface area (Å²) in [6, 6.07) is 0. The van der Waals surface area contributed by atoms with Crippen LogP contribution in [-0.2, 0) is 4.79 Å². The van der Waals surface area contributed by atoms with Gasteiger partial charge in [-0.1, -0.05) is 17.7 Å². The molecule has 2 aliphatic carbocycles. The first-order valence-corrected chi connectivity index (χ1v) is 5.25. The first-order chi connectivity index (χ1) is 6.59. The van der Waals surface area contributed by atoms with E-state index in [0.717, 1.165) is 19.3 Å². The summed E-state index contributed by atoms with van der Waals surface area (Å²) < 4.78 is 0. The Morgan fingerprint density at radius 2 is 2.29 bits per heavy atom. The summed E-state index contributed by atoms with van der Waals surface area (Å²) in [5.74, 6) is 0.0799. The zero-order valence-corrected chi connectivity index (χ0v) is 8.89. The molecule has 0 aliphatic heterocycles. The van der Waals surface area contributed by atoms with E-state index in [1.165, 1.54) is 12.0 Å². The summed E-state index contributed by atoms with van der Waals surface area (Å²) in [5.41, 5.74) is 2.97. The first kappa shape index (κ1) is 9.50. The average Bonchev–Trinajstić information content (AvgIpc) is 2.38. The lowest BCUT2D eigenvalue weighted by Crippen LogP contribution is -2.43. The highest BCUT2D eigenvalue weighted by molar-refractivity contribution is 5.74. The molecule has 2 rings (SSSR count). The summed E-state index contributed by atoms with van der Waals surface area (Å²) in [4.78, 5) is 11.1. The van der Waals surface area contributed by atoms with Gasteiger partial charge in [-0.2, -0.15) is 0 Å². The molecule has 2 aliphatic rings. The van der Waals surface area contributed by atoms with Gasteiger partial charge >= 0.3 is 0 Å². The molecule has 0 saturated heterocycles. The smallest absolute Gasteiger partial charge is 0.217 e. The highest BCUT2D eigenvalue weighted by Gasteiger charge is 2.34. The second-order valence-electron chi connectivity index (χ2n) is 4.67. The number of nitrogens with one attached hydrogen (secondary N) is 1. The maximum Gasteiger partial charge on any atom is 0.217 e. The Morgan fingerprint density at radius 3 is 2.93 bits per heavy atom. The lowest BCUT2D eigenvalue weighted by Gasteiger charge is -2.25. The van der Waals surface area contributed by atoms with Crippen LogP contribution in [0.4, 0.5) is 0 Å². The number of rotatable bonds is 1. The zero-order valence-electron chi connectivity index (χ0n) is 8.89. The molecule has 0 heterocycles. The second-order valence-corrected chi connectivity index (χ2v) is 4.67. The van der Waals surface area contributed by atoms with Crippen molar-refractivity contribution in [2.24, 2.45) is 0 Å². The van der Waals surface area contributed by atoms with Crippen LogP contribution in [0.1, 0.15) is 39.5 Å². The molecule has 14 heavy (non-hydrogen) atoms. The van der Waals surface area contributed by atoms with Crippen molar-refractivity contribution in [3.8, 4) is 0 Å². The van der Waals surface area contributed by atoms with Crippen LogP contribution in [-0.4, -0.2) is 11.4 Å². The summed E-state index contributed by atoms with van der Waals surface area (Å²) in [5, 5.41) is 3.06. The molecule has 0 radical (unpaired) electrons. The Morgan fingerprint density at radius 1 is 1.50 bits per heavy atom. The van der Waals surface area contributed by atoms with Gasteiger partial charge in [0.2, 0.25) is 5.91 Å². The van der Waals surface area contributed by atoms with Crippen molar-refractivity contribution in [2.75, 3.05) is 0 Å². The number of carbonyl (C=O) groups is 1. The van der Waals surface area contributed by atoms with Crippen LogP contribution in [0.15, 0.2) is 23.3 Å². The van der Waals surface area contributed by atoms with Gasteiger partial charge in [0.1, 0.15) is 0 Å². The first-order valence-electron chi connectivity index (χ1n) is 5.25. The fourth-order valence-corrected chi connectivity index (χ4v) is 2.61. The Balaban J connectivity index is 2.10. The van der Waals surface area contributed by atoms with Gasteiger partial charge in [0.15, 0.2) is 0 Å². The van der Waals surface area contributed by atoms with Gasteiger partial charge < -0.3 is 5.32 Å². The molecule has 0 fully saturated rings.